The van der Waals surface area contributed by atoms with Gasteiger partial charge in [-0.3, -0.25) is 0 Å². The van der Waals surface area contributed by atoms with E-state index in [-0.39, 0.29) is 0 Å². The van der Waals surface area contributed by atoms with Crippen molar-refractivity contribution in [2.45, 2.75) is 75.0 Å². The molecule has 1 aromatic rings. The Balaban J connectivity index is 1.51. The smallest absolute Gasteiger partial charge is 0.0551 e. The van der Waals surface area contributed by atoms with Gasteiger partial charge in [0.25, 0.3) is 0 Å². The number of allylic oxidation sites excluding steroid dienone is 4. The van der Waals surface area contributed by atoms with Crippen LogP contribution < -0.4 is 0 Å². The highest BCUT2D eigenvalue weighted by atomic mass is 28.3. The molecule has 0 amide bonds. The lowest BCUT2D eigenvalue weighted by atomic mass is 9.82. The van der Waals surface area contributed by atoms with Crippen molar-refractivity contribution >= 4 is 8.07 Å². The highest BCUT2D eigenvalue weighted by molar-refractivity contribution is 6.80. The summed E-state index contributed by atoms with van der Waals surface area (Å²) in [6.07, 6.45) is 20.3. The van der Waals surface area contributed by atoms with Gasteiger partial charge < -0.3 is 0 Å². The summed E-state index contributed by atoms with van der Waals surface area (Å²) in [7, 11) is -1.38. The molecule has 0 aromatic heterocycles. The first-order valence-corrected chi connectivity index (χ1v) is 14.7. The first-order chi connectivity index (χ1) is 13.2. The second kappa shape index (κ2) is 7.06. The topological polar surface area (TPSA) is 0 Å². The van der Waals surface area contributed by atoms with E-state index >= 15 is 0 Å². The van der Waals surface area contributed by atoms with E-state index in [9.17, 15) is 0 Å². The lowest BCUT2D eigenvalue weighted by Gasteiger charge is -2.45. The molecule has 3 fully saturated rings. The van der Waals surface area contributed by atoms with Crippen LogP contribution in [0.15, 0.2) is 54.6 Å². The monoisotopic (exact) mass is 376 g/mol. The van der Waals surface area contributed by atoms with Crippen LogP contribution in [0.3, 0.4) is 0 Å². The van der Waals surface area contributed by atoms with E-state index in [0.29, 0.717) is 0 Å². The van der Waals surface area contributed by atoms with Gasteiger partial charge in [-0.05, 0) is 52.7 Å². The molecule has 0 bridgehead atoms. The molecule has 1 aromatic carbocycles. The highest BCUT2D eigenvalue weighted by Crippen LogP contribution is 2.63. The van der Waals surface area contributed by atoms with E-state index in [4.69, 9.17) is 0 Å². The molecular formula is C26H36Si. The Hall–Kier alpha value is -1.08. The molecule has 0 spiro atoms. The summed E-state index contributed by atoms with van der Waals surface area (Å²) in [6.45, 7) is 5.59. The van der Waals surface area contributed by atoms with Gasteiger partial charge in [0.2, 0.25) is 0 Å². The van der Waals surface area contributed by atoms with E-state index in [1.165, 1.54) is 25.7 Å². The molecule has 144 valence electrons. The van der Waals surface area contributed by atoms with E-state index in [1.54, 1.807) is 24.8 Å². The van der Waals surface area contributed by atoms with Gasteiger partial charge in [-0.2, -0.15) is 0 Å². The van der Waals surface area contributed by atoms with Gasteiger partial charge in [0.05, 0.1) is 8.07 Å². The molecule has 0 heterocycles. The molecule has 27 heavy (non-hydrogen) atoms. The highest BCUT2D eigenvalue weighted by Gasteiger charge is 2.55. The van der Waals surface area contributed by atoms with E-state index in [0.717, 1.165) is 40.7 Å². The lowest BCUT2D eigenvalue weighted by molar-refractivity contribution is 0.273. The minimum absolute atomic E-state index is 0.776. The van der Waals surface area contributed by atoms with E-state index in [1.807, 2.05) is 0 Å². The van der Waals surface area contributed by atoms with Gasteiger partial charge in [0.15, 0.2) is 0 Å². The first-order valence-electron chi connectivity index (χ1n) is 11.6. The van der Waals surface area contributed by atoms with Crippen molar-refractivity contribution in [2.24, 2.45) is 23.7 Å². The van der Waals surface area contributed by atoms with E-state index in [2.05, 4.69) is 67.7 Å². The molecule has 0 radical (unpaired) electrons. The average molecular weight is 377 g/mol. The normalized spacial score (nSPS) is 40.7. The average Bonchev–Trinajstić information content (AvgIpc) is 3.31. The molecule has 1 heteroatoms. The summed E-state index contributed by atoms with van der Waals surface area (Å²) in [4.78, 5) is 0. The fourth-order valence-electron chi connectivity index (χ4n) is 7.96. The second-order valence-electron chi connectivity index (χ2n) is 10.5. The Bertz CT molecular complexity index is 715. The van der Waals surface area contributed by atoms with Crippen LogP contribution in [0.5, 0.6) is 0 Å². The summed E-state index contributed by atoms with van der Waals surface area (Å²) in [5.41, 5.74) is 3.60. The fourth-order valence-corrected chi connectivity index (χ4v) is 13.6. The molecule has 5 rings (SSSR count). The van der Waals surface area contributed by atoms with Crippen LogP contribution in [0, 0.1) is 23.7 Å². The maximum absolute atomic E-state index is 2.80. The van der Waals surface area contributed by atoms with Crippen molar-refractivity contribution in [1.29, 1.82) is 0 Å². The maximum Gasteiger partial charge on any atom is 0.0551 e. The number of benzene rings is 1. The maximum atomic E-state index is 2.80. The van der Waals surface area contributed by atoms with Crippen LogP contribution in [0.2, 0.25) is 24.2 Å². The molecule has 4 aliphatic rings. The SMILES string of the molecule is C[Si](C)(C1CCC2CCCCC21)C1C(c2ccccc2)CC2C=CC=CC21. The fraction of sp³-hybridized carbons (Fsp3) is 0.615. The van der Waals surface area contributed by atoms with Gasteiger partial charge >= 0.3 is 0 Å². The third-order valence-electron chi connectivity index (χ3n) is 9.05. The molecule has 4 aliphatic carbocycles. The predicted molar refractivity (Wildman–Crippen MR) is 119 cm³/mol. The Kier molecular flexibility index (Phi) is 4.70. The lowest BCUT2D eigenvalue weighted by Crippen LogP contribution is -2.44. The van der Waals surface area contributed by atoms with Crippen molar-refractivity contribution < 1.29 is 0 Å². The van der Waals surface area contributed by atoms with Gasteiger partial charge in [0, 0.05) is 0 Å². The van der Waals surface area contributed by atoms with Crippen LogP contribution in [0.25, 0.3) is 0 Å². The third kappa shape index (κ3) is 3.01. The molecule has 7 atom stereocenters. The van der Waals surface area contributed by atoms with Crippen molar-refractivity contribution in [3.8, 4) is 0 Å². The summed E-state index contributed by atoms with van der Waals surface area (Å²) in [5, 5.41) is 0. The number of hydrogen-bond donors (Lipinski definition) is 0. The third-order valence-corrected chi connectivity index (χ3v) is 14.2. The Morgan fingerprint density at radius 2 is 1.63 bits per heavy atom. The molecular weight excluding hydrogens is 340 g/mol. The minimum atomic E-state index is -1.38. The molecule has 0 saturated heterocycles. The van der Waals surface area contributed by atoms with Crippen LogP contribution in [-0.2, 0) is 0 Å². The Morgan fingerprint density at radius 1 is 0.852 bits per heavy atom. The standard InChI is InChI=1S/C26H36Si/c1-27(2,25-17-16-20-12-6-8-14-22(20)25)26-23-15-9-7-13-21(23)18-24(26)19-10-4-3-5-11-19/h3-5,7,9-11,13,15,20-26H,6,8,12,14,16-18H2,1-2H3. The first kappa shape index (κ1) is 18.0. The van der Waals surface area contributed by atoms with Gasteiger partial charge in [-0.15, -0.1) is 0 Å². The van der Waals surface area contributed by atoms with E-state index < -0.39 is 8.07 Å². The van der Waals surface area contributed by atoms with Crippen LogP contribution in [-0.4, -0.2) is 8.07 Å². The Labute approximate surface area is 167 Å². The number of rotatable bonds is 3. The van der Waals surface area contributed by atoms with Crippen LogP contribution >= 0.6 is 0 Å². The van der Waals surface area contributed by atoms with Crippen LogP contribution in [0.1, 0.15) is 56.4 Å². The molecule has 3 saturated carbocycles. The minimum Gasteiger partial charge on any atom is -0.0808 e. The second-order valence-corrected chi connectivity index (χ2v) is 15.6. The quantitative estimate of drug-likeness (QED) is 0.477. The zero-order valence-electron chi connectivity index (χ0n) is 17.2. The van der Waals surface area contributed by atoms with Crippen molar-refractivity contribution in [3.63, 3.8) is 0 Å². The summed E-state index contributed by atoms with van der Waals surface area (Å²) in [5.74, 6) is 4.49. The summed E-state index contributed by atoms with van der Waals surface area (Å²) >= 11 is 0. The number of hydrogen-bond acceptors (Lipinski definition) is 0. The van der Waals surface area contributed by atoms with Crippen molar-refractivity contribution in [1.82, 2.24) is 0 Å². The predicted octanol–water partition coefficient (Wildman–Crippen LogP) is 7.58. The molecule has 0 nitrogen and oxygen atoms in total. The molecule has 7 unspecified atom stereocenters. The van der Waals surface area contributed by atoms with Crippen molar-refractivity contribution in [2.75, 3.05) is 0 Å². The summed E-state index contributed by atoms with van der Waals surface area (Å²) in [6, 6.07) is 11.6. The van der Waals surface area contributed by atoms with Gasteiger partial charge in [-0.1, -0.05) is 106 Å². The Morgan fingerprint density at radius 3 is 2.48 bits per heavy atom. The molecule has 0 N–H and O–H groups in total. The van der Waals surface area contributed by atoms with Gasteiger partial charge in [-0.25, -0.2) is 0 Å². The van der Waals surface area contributed by atoms with Crippen molar-refractivity contribution in [3.05, 3.63) is 60.2 Å². The van der Waals surface area contributed by atoms with Gasteiger partial charge in [0.1, 0.15) is 0 Å². The largest absolute Gasteiger partial charge is 0.0808 e. The van der Waals surface area contributed by atoms with Crippen LogP contribution in [0.4, 0.5) is 0 Å². The molecule has 0 aliphatic heterocycles. The summed E-state index contributed by atoms with van der Waals surface area (Å²) < 4.78 is 0. The zero-order chi connectivity index (χ0) is 18.4. The number of fused-ring (bicyclic) bond motifs is 2. The zero-order valence-corrected chi connectivity index (χ0v) is 18.2.